The van der Waals surface area contributed by atoms with E-state index in [1.807, 2.05) is 12.1 Å². The van der Waals surface area contributed by atoms with Gasteiger partial charge in [-0.05, 0) is 59.7 Å². The lowest BCUT2D eigenvalue weighted by atomic mass is 9.97. The molecule has 0 saturated heterocycles. The minimum absolute atomic E-state index is 0.695. The van der Waals surface area contributed by atoms with E-state index in [1.165, 1.54) is 38.1 Å². The first kappa shape index (κ1) is 31.9. The van der Waals surface area contributed by atoms with Gasteiger partial charge in [-0.15, -0.1) is 0 Å². The standard InChI is InChI=1S/C52H34N4/c1-3-16-35(17-4-1)46-34-47(36-18-5-2-6-19-36)54-52(53-46)45-26-8-7-22-40(45)37-30-31-44-43-25-11-14-29-50(43)56(51(44)32-37)39-21-15-20-38(33-39)55-48-27-12-9-23-41(48)42-24-10-13-28-49(42)55/h1-34H. The van der Waals surface area contributed by atoms with Gasteiger partial charge in [0.05, 0.1) is 33.5 Å². The maximum Gasteiger partial charge on any atom is 0.161 e. The van der Waals surface area contributed by atoms with Gasteiger partial charge in [0.2, 0.25) is 0 Å². The molecule has 0 N–H and O–H groups in total. The Labute approximate surface area is 324 Å². The van der Waals surface area contributed by atoms with E-state index in [4.69, 9.17) is 9.97 Å². The molecule has 0 saturated carbocycles. The van der Waals surface area contributed by atoms with Crippen LogP contribution in [0, 0.1) is 0 Å². The molecule has 11 rings (SSSR count). The van der Waals surface area contributed by atoms with Gasteiger partial charge in [0, 0.05) is 49.6 Å². The van der Waals surface area contributed by atoms with Crippen LogP contribution in [-0.2, 0) is 0 Å². The highest BCUT2D eigenvalue weighted by Gasteiger charge is 2.18. The summed E-state index contributed by atoms with van der Waals surface area (Å²) in [7, 11) is 0. The second-order valence-corrected chi connectivity index (χ2v) is 14.2. The summed E-state index contributed by atoms with van der Waals surface area (Å²) in [6, 6.07) is 73.2. The highest BCUT2D eigenvalue weighted by Crippen LogP contribution is 2.39. The molecule has 0 bridgehead atoms. The topological polar surface area (TPSA) is 35.6 Å². The summed E-state index contributed by atoms with van der Waals surface area (Å²) >= 11 is 0. The number of rotatable bonds is 6. The Hall–Kier alpha value is -7.56. The lowest BCUT2D eigenvalue weighted by Gasteiger charge is -2.14. The number of fused-ring (bicyclic) bond motifs is 6. The van der Waals surface area contributed by atoms with Gasteiger partial charge in [-0.3, -0.25) is 0 Å². The molecule has 56 heavy (non-hydrogen) atoms. The van der Waals surface area contributed by atoms with Crippen molar-refractivity contribution in [3.05, 3.63) is 206 Å². The van der Waals surface area contributed by atoms with Gasteiger partial charge in [-0.25, -0.2) is 9.97 Å². The van der Waals surface area contributed by atoms with Gasteiger partial charge < -0.3 is 9.13 Å². The molecule has 0 radical (unpaired) electrons. The van der Waals surface area contributed by atoms with E-state index in [-0.39, 0.29) is 0 Å². The van der Waals surface area contributed by atoms with E-state index in [0.29, 0.717) is 5.82 Å². The van der Waals surface area contributed by atoms with E-state index in [0.717, 1.165) is 56.1 Å². The number of benzene rings is 8. The molecule has 0 spiro atoms. The molecule has 0 aliphatic heterocycles. The van der Waals surface area contributed by atoms with Crippen molar-refractivity contribution in [1.82, 2.24) is 19.1 Å². The largest absolute Gasteiger partial charge is 0.309 e. The summed E-state index contributed by atoms with van der Waals surface area (Å²) in [4.78, 5) is 10.4. The quantitative estimate of drug-likeness (QED) is 0.172. The highest BCUT2D eigenvalue weighted by atomic mass is 15.0. The van der Waals surface area contributed by atoms with Crippen molar-refractivity contribution in [3.63, 3.8) is 0 Å². The van der Waals surface area contributed by atoms with Crippen LogP contribution in [0.4, 0.5) is 0 Å². The second-order valence-electron chi connectivity index (χ2n) is 14.2. The summed E-state index contributed by atoms with van der Waals surface area (Å²) in [5, 5.41) is 4.93. The molecule has 0 aliphatic rings. The number of hydrogen-bond donors (Lipinski definition) is 0. The number of para-hydroxylation sites is 3. The lowest BCUT2D eigenvalue weighted by Crippen LogP contribution is -1.99. The smallest absolute Gasteiger partial charge is 0.161 e. The van der Waals surface area contributed by atoms with Crippen molar-refractivity contribution in [2.75, 3.05) is 0 Å². The normalized spacial score (nSPS) is 11.6. The molecule has 4 nitrogen and oxygen atoms in total. The lowest BCUT2D eigenvalue weighted by molar-refractivity contribution is 1.13. The molecule has 262 valence electrons. The van der Waals surface area contributed by atoms with E-state index in [1.54, 1.807) is 0 Å². The summed E-state index contributed by atoms with van der Waals surface area (Å²) in [6.07, 6.45) is 0. The van der Waals surface area contributed by atoms with E-state index >= 15 is 0 Å². The van der Waals surface area contributed by atoms with Gasteiger partial charge in [-0.2, -0.15) is 0 Å². The van der Waals surface area contributed by atoms with Crippen molar-refractivity contribution in [2.45, 2.75) is 0 Å². The molecule has 0 aliphatic carbocycles. The number of hydrogen-bond acceptors (Lipinski definition) is 2. The van der Waals surface area contributed by atoms with Crippen molar-refractivity contribution < 1.29 is 0 Å². The van der Waals surface area contributed by atoms with E-state index in [2.05, 4.69) is 203 Å². The average molecular weight is 715 g/mol. The Bertz CT molecular complexity index is 3140. The fourth-order valence-corrected chi connectivity index (χ4v) is 8.40. The van der Waals surface area contributed by atoms with E-state index < -0.39 is 0 Å². The fraction of sp³-hybridized carbons (Fsp3) is 0. The molecular weight excluding hydrogens is 681 g/mol. The Morgan fingerprint density at radius 3 is 1.29 bits per heavy atom. The van der Waals surface area contributed by atoms with Crippen LogP contribution < -0.4 is 0 Å². The van der Waals surface area contributed by atoms with Crippen molar-refractivity contribution >= 4 is 43.6 Å². The van der Waals surface area contributed by atoms with Crippen LogP contribution in [0.25, 0.3) is 100 Å². The third kappa shape index (κ3) is 5.23. The number of aromatic nitrogens is 4. The highest BCUT2D eigenvalue weighted by molar-refractivity contribution is 6.11. The molecule has 3 heterocycles. The van der Waals surface area contributed by atoms with Crippen LogP contribution in [-0.4, -0.2) is 19.1 Å². The van der Waals surface area contributed by atoms with Crippen molar-refractivity contribution in [2.24, 2.45) is 0 Å². The maximum atomic E-state index is 5.21. The van der Waals surface area contributed by atoms with Gasteiger partial charge in [0.1, 0.15) is 0 Å². The zero-order chi connectivity index (χ0) is 37.0. The first-order valence-electron chi connectivity index (χ1n) is 19.0. The van der Waals surface area contributed by atoms with Crippen molar-refractivity contribution in [3.8, 4) is 56.4 Å². The first-order chi connectivity index (χ1) is 27.8. The second kappa shape index (κ2) is 13.1. The minimum Gasteiger partial charge on any atom is -0.309 e. The van der Waals surface area contributed by atoms with Gasteiger partial charge in [0.15, 0.2) is 5.82 Å². The predicted molar refractivity (Wildman–Crippen MR) is 232 cm³/mol. The Balaban J connectivity index is 1.10. The molecule has 8 aromatic carbocycles. The summed E-state index contributed by atoms with van der Waals surface area (Å²) < 4.78 is 4.80. The van der Waals surface area contributed by atoms with Crippen LogP contribution in [0.1, 0.15) is 0 Å². The molecule has 0 unspecified atom stereocenters. The predicted octanol–water partition coefficient (Wildman–Crippen LogP) is 13.3. The van der Waals surface area contributed by atoms with Crippen molar-refractivity contribution in [1.29, 1.82) is 0 Å². The zero-order valence-corrected chi connectivity index (χ0v) is 30.4. The SMILES string of the molecule is c1ccc(-c2cc(-c3ccccc3)nc(-c3ccccc3-c3ccc4c5ccccc5n(-c5cccc(-n6c7ccccc7c7ccccc76)c5)c4c3)n2)cc1. The molecular formula is C52H34N4. The van der Waals surface area contributed by atoms with Gasteiger partial charge >= 0.3 is 0 Å². The Morgan fingerprint density at radius 2 is 0.732 bits per heavy atom. The molecule has 0 atom stereocenters. The van der Waals surface area contributed by atoms with E-state index in [9.17, 15) is 0 Å². The minimum atomic E-state index is 0.695. The monoisotopic (exact) mass is 714 g/mol. The van der Waals surface area contributed by atoms with Crippen LogP contribution >= 0.6 is 0 Å². The zero-order valence-electron chi connectivity index (χ0n) is 30.4. The molecule has 0 fully saturated rings. The summed E-state index contributed by atoms with van der Waals surface area (Å²) in [5.41, 5.74) is 14.0. The Kier molecular flexibility index (Phi) is 7.46. The number of nitrogens with zero attached hydrogens (tertiary/aromatic N) is 4. The summed E-state index contributed by atoms with van der Waals surface area (Å²) in [5.74, 6) is 0.695. The van der Waals surface area contributed by atoms with Crippen LogP contribution in [0.3, 0.4) is 0 Å². The average Bonchev–Trinajstić information content (AvgIpc) is 3.79. The molecule has 3 aromatic heterocycles. The Morgan fingerprint density at radius 1 is 0.286 bits per heavy atom. The third-order valence-corrected chi connectivity index (χ3v) is 10.9. The van der Waals surface area contributed by atoms with Gasteiger partial charge in [-0.1, -0.05) is 158 Å². The van der Waals surface area contributed by atoms with Crippen LogP contribution in [0.2, 0.25) is 0 Å². The molecule has 0 amide bonds. The third-order valence-electron chi connectivity index (χ3n) is 10.9. The summed E-state index contributed by atoms with van der Waals surface area (Å²) in [6.45, 7) is 0. The maximum absolute atomic E-state index is 5.21. The van der Waals surface area contributed by atoms with Crippen LogP contribution in [0.15, 0.2) is 206 Å². The fourth-order valence-electron chi connectivity index (χ4n) is 8.40. The molecule has 4 heteroatoms. The first-order valence-corrected chi connectivity index (χ1v) is 19.0. The molecule has 11 aromatic rings. The van der Waals surface area contributed by atoms with Gasteiger partial charge in [0.25, 0.3) is 0 Å². The van der Waals surface area contributed by atoms with Crippen LogP contribution in [0.5, 0.6) is 0 Å².